The van der Waals surface area contributed by atoms with Crippen LogP contribution in [0.5, 0.6) is 11.5 Å². The molecule has 0 spiro atoms. The molecule has 1 aliphatic heterocycles. The molecular weight excluding hydrogens is 357 g/mol. The molecule has 0 radical (unpaired) electrons. The van der Waals surface area contributed by atoms with Crippen molar-refractivity contribution in [2.75, 3.05) is 6.79 Å². The fraction of sp³-hybridized carbons (Fsp3) is 0.174. The van der Waals surface area contributed by atoms with E-state index in [1.165, 1.54) is 12.1 Å². The smallest absolute Gasteiger partial charge is 0.231 e. The van der Waals surface area contributed by atoms with Gasteiger partial charge >= 0.3 is 0 Å². The molecule has 0 aromatic heterocycles. The number of aryl methyl sites for hydroxylation is 1. The van der Waals surface area contributed by atoms with E-state index in [9.17, 15) is 9.18 Å². The Morgan fingerprint density at radius 2 is 1.75 bits per heavy atom. The van der Waals surface area contributed by atoms with E-state index < -0.39 is 0 Å². The monoisotopic (exact) mass is 377 g/mol. The first kappa shape index (κ1) is 18.0. The summed E-state index contributed by atoms with van der Waals surface area (Å²) in [6.07, 6.45) is 1.01. The van der Waals surface area contributed by atoms with E-state index >= 15 is 0 Å². The van der Waals surface area contributed by atoms with Crippen LogP contribution in [0.3, 0.4) is 0 Å². The summed E-state index contributed by atoms with van der Waals surface area (Å²) < 4.78 is 23.8. The molecule has 0 atom stereocenters. The zero-order valence-corrected chi connectivity index (χ0v) is 15.3. The van der Waals surface area contributed by atoms with Gasteiger partial charge in [0.2, 0.25) is 12.7 Å². The van der Waals surface area contributed by atoms with Crippen LogP contribution in [0.1, 0.15) is 17.5 Å². The Morgan fingerprint density at radius 1 is 0.964 bits per heavy atom. The number of ether oxygens (including phenoxy) is 2. The van der Waals surface area contributed by atoms with Crippen molar-refractivity contribution in [1.29, 1.82) is 0 Å². The van der Waals surface area contributed by atoms with Crippen molar-refractivity contribution in [3.63, 3.8) is 0 Å². The Morgan fingerprint density at radius 3 is 2.61 bits per heavy atom. The van der Waals surface area contributed by atoms with Crippen molar-refractivity contribution >= 4 is 5.91 Å². The lowest BCUT2D eigenvalue weighted by Gasteiger charge is -2.11. The first-order chi connectivity index (χ1) is 13.7. The van der Waals surface area contributed by atoms with Gasteiger partial charge in [0.1, 0.15) is 5.82 Å². The van der Waals surface area contributed by atoms with Crippen LogP contribution in [0.15, 0.2) is 66.7 Å². The third-order valence-electron chi connectivity index (χ3n) is 4.73. The molecule has 1 N–H and O–H groups in total. The minimum atomic E-state index is -0.266. The molecule has 28 heavy (non-hydrogen) atoms. The van der Waals surface area contributed by atoms with Gasteiger partial charge in [-0.1, -0.05) is 42.5 Å². The number of hydrogen-bond donors (Lipinski definition) is 1. The van der Waals surface area contributed by atoms with Crippen LogP contribution in [0.25, 0.3) is 11.1 Å². The van der Waals surface area contributed by atoms with Gasteiger partial charge in [0.25, 0.3) is 0 Å². The number of carbonyl (C=O) groups is 1. The zero-order valence-electron chi connectivity index (χ0n) is 15.3. The van der Waals surface area contributed by atoms with E-state index in [0.29, 0.717) is 19.4 Å². The number of amides is 1. The van der Waals surface area contributed by atoms with Gasteiger partial charge < -0.3 is 14.8 Å². The lowest BCUT2D eigenvalue weighted by atomic mass is 9.99. The maximum Gasteiger partial charge on any atom is 0.231 e. The highest BCUT2D eigenvalue weighted by atomic mass is 19.1. The standard InChI is InChI=1S/C23H20FNO3/c24-19-9-7-17(8-10-19)20-4-2-1-3-18(20)14-25-23(26)12-6-16-5-11-21-22(13-16)28-15-27-21/h1-5,7-11,13H,6,12,14-15H2,(H,25,26). The lowest BCUT2D eigenvalue weighted by Crippen LogP contribution is -2.23. The Labute approximate surface area is 162 Å². The van der Waals surface area contributed by atoms with E-state index in [1.54, 1.807) is 12.1 Å². The number of fused-ring (bicyclic) bond motifs is 1. The highest BCUT2D eigenvalue weighted by Crippen LogP contribution is 2.32. The molecule has 142 valence electrons. The van der Waals surface area contributed by atoms with Crippen molar-refractivity contribution in [3.05, 3.63) is 83.7 Å². The highest BCUT2D eigenvalue weighted by Gasteiger charge is 2.14. The zero-order chi connectivity index (χ0) is 19.3. The summed E-state index contributed by atoms with van der Waals surface area (Å²) in [6, 6.07) is 19.9. The maximum atomic E-state index is 13.2. The van der Waals surface area contributed by atoms with Gasteiger partial charge in [-0.25, -0.2) is 4.39 Å². The molecule has 5 heteroatoms. The van der Waals surface area contributed by atoms with Crippen LogP contribution in [-0.4, -0.2) is 12.7 Å². The number of benzene rings is 3. The molecule has 0 unspecified atom stereocenters. The van der Waals surface area contributed by atoms with Gasteiger partial charge in [0.05, 0.1) is 0 Å². The average Bonchev–Trinajstić information content (AvgIpc) is 3.19. The lowest BCUT2D eigenvalue weighted by molar-refractivity contribution is -0.121. The Bertz CT molecular complexity index is 985. The summed E-state index contributed by atoms with van der Waals surface area (Å²) in [5, 5.41) is 2.97. The summed E-state index contributed by atoms with van der Waals surface area (Å²) >= 11 is 0. The van der Waals surface area contributed by atoms with Crippen LogP contribution in [0, 0.1) is 5.82 Å². The number of rotatable bonds is 6. The van der Waals surface area contributed by atoms with Crippen LogP contribution < -0.4 is 14.8 Å². The van der Waals surface area contributed by atoms with Gasteiger partial charge in [-0.15, -0.1) is 0 Å². The molecule has 0 fully saturated rings. The molecular formula is C23H20FNO3. The third kappa shape index (κ3) is 4.14. The number of hydrogen-bond acceptors (Lipinski definition) is 3. The molecule has 1 aliphatic rings. The van der Waals surface area contributed by atoms with Crippen molar-refractivity contribution in [1.82, 2.24) is 5.32 Å². The first-order valence-corrected chi connectivity index (χ1v) is 9.18. The van der Waals surface area contributed by atoms with Crippen molar-refractivity contribution < 1.29 is 18.7 Å². The van der Waals surface area contributed by atoms with Gasteiger partial charge in [0.15, 0.2) is 11.5 Å². The molecule has 0 aliphatic carbocycles. The Kier molecular flexibility index (Phi) is 5.24. The first-order valence-electron chi connectivity index (χ1n) is 9.18. The normalized spacial score (nSPS) is 12.0. The quantitative estimate of drug-likeness (QED) is 0.689. The summed E-state index contributed by atoms with van der Waals surface area (Å²) in [6.45, 7) is 0.667. The second kappa shape index (κ2) is 8.13. The van der Waals surface area contributed by atoms with E-state index in [0.717, 1.165) is 33.8 Å². The number of nitrogens with one attached hydrogen (secondary N) is 1. The van der Waals surface area contributed by atoms with Gasteiger partial charge in [-0.3, -0.25) is 4.79 Å². The second-order valence-electron chi connectivity index (χ2n) is 6.63. The summed E-state index contributed by atoms with van der Waals surface area (Å²) in [5.41, 5.74) is 3.93. The van der Waals surface area contributed by atoms with Crippen molar-refractivity contribution in [2.24, 2.45) is 0 Å². The van der Waals surface area contributed by atoms with Crippen LogP contribution in [0.4, 0.5) is 4.39 Å². The van der Waals surface area contributed by atoms with Crippen LogP contribution >= 0.6 is 0 Å². The van der Waals surface area contributed by atoms with Gasteiger partial charge in [-0.05, 0) is 52.9 Å². The molecule has 0 saturated heterocycles. The van der Waals surface area contributed by atoms with E-state index in [4.69, 9.17) is 9.47 Å². The minimum absolute atomic E-state index is 0.0217. The molecule has 0 saturated carbocycles. The number of halogens is 1. The molecule has 1 heterocycles. The van der Waals surface area contributed by atoms with Gasteiger partial charge in [-0.2, -0.15) is 0 Å². The second-order valence-corrected chi connectivity index (χ2v) is 6.63. The fourth-order valence-corrected chi connectivity index (χ4v) is 3.22. The highest BCUT2D eigenvalue weighted by molar-refractivity contribution is 5.77. The van der Waals surface area contributed by atoms with Gasteiger partial charge in [0, 0.05) is 13.0 Å². The molecule has 1 amide bonds. The SMILES string of the molecule is O=C(CCc1ccc2c(c1)OCO2)NCc1ccccc1-c1ccc(F)cc1. The molecule has 0 bridgehead atoms. The summed E-state index contributed by atoms with van der Waals surface area (Å²) in [7, 11) is 0. The molecule has 4 rings (SSSR count). The molecule has 3 aromatic rings. The Balaban J connectivity index is 1.35. The minimum Gasteiger partial charge on any atom is -0.454 e. The largest absolute Gasteiger partial charge is 0.454 e. The van der Waals surface area contributed by atoms with Crippen LogP contribution in [0.2, 0.25) is 0 Å². The Hall–Kier alpha value is -3.34. The predicted octanol–water partition coefficient (Wildman–Crippen LogP) is 4.47. The summed E-state index contributed by atoms with van der Waals surface area (Å²) in [4.78, 5) is 12.3. The average molecular weight is 377 g/mol. The van der Waals surface area contributed by atoms with Crippen LogP contribution in [-0.2, 0) is 17.8 Å². The van der Waals surface area contributed by atoms with E-state index in [1.807, 2.05) is 42.5 Å². The van der Waals surface area contributed by atoms with Crippen molar-refractivity contribution in [3.8, 4) is 22.6 Å². The maximum absolute atomic E-state index is 13.2. The topological polar surface area (TPSA) is 47.6 Å². The molecule has 3 aromatic carbocycles. The van der Waals surface area contributed by atoms with Crippen molar-refractivity contribution in [2.45, 2.75) is 19.4 Å². The van der Waals surface area contributed by atoms with E-state index in [-0.39, 0.29) is 18.5 Å². The molecule has 4 nitrogen and oxygen atoms in total. The number of carbonyl (C=O) groups excluding carboxylic acids is 1. The predicted molar refractivity (Wildman–Crippen MR) is 105 cm³/mol. The van der Waals surface area contributed by atoms with E-state index in [2.05, 4.69) is 5.32 Å². The third-order valence-corrected chi connectivity index (χ3v) is 4.73. The summed E-state index contributed by atoms with van der Waals surface area (Å²) in [5.74, 6) is 1.18. The fourth-order valence-electron chi connectivity index (χ4n) is 3.22.